The van der Waals surface area contributed by atoms with Crippen molar-refractivity contribution in [3.8, 4) is 0 Å². The number of aryl methyl sites for hydroxylation is 2. The van der Waals surface area contributed by atoms with E-state index in [2.05, 4.69) is 29.0 Å². The molecule has 2 nitrogen and oxygen atoms in total. The molecule has 1 aliphatic carbocycles. The van der Waals surface area contributed by atoms with Crippen LogP contribution in [-0.2, 0) is 13.0 Å². The van der Waals surface area contributed by atoms with Gasteiger partial charge < -0.3 is 9.67 Å². The second-order valence-corrected chi connectivity index (χ2v) is 6.24. The Labute approximate surface area is 114 Å². The fraction of sp³-hybridized carbons (Fsp3) is 0.529. The molecule has 1 fully saturated rings. The second kappa shape index (κ2) is 4.38. The highest BCUT2D eigenvalue weighted by Crippen LogP contribution is 2.36. The minimum absolute atomic E-state index is 0.0561. The topological polar surface area (TPSA) is 25.2 Å². The number of rotatable bonds is 1. The van der Waals surface area contributed by atoms with Crippen molar-refractivity contribution in [2.75, 3.05) is 0 Å². The van der Waals surface area contributed by atoms with Crippen LogP contribution in [0.4, 0.5) is 0 Å². The van der Waals surface area contributed by atoms with E-state index in [0.717, 1.165) is 25.7 Å². The molecule has 1 aromatic carbocycles. The lowest BCUT2D eigenvalue weighted by Gasteiger charge is -2.27. The van der Waals surface area contributed by atoms with Gasteiger partial charge in [0.2, 0.25) is 0 Å². The maximum Gasteiger partial charge on any atom is 0.0540 e. The summed E-state index contributed by atoms with van der Waals surface area (Å²) >= 11 is 0. The molecule has 1 aliphatic heterocycles. The molecule has 2 heterocycles. The van der Waals surface area contributed by atoms with Crippen LogP contribution in [0.2, 0.25) is 0 Å². The Morgan fingerprint density at radius 3 is 2.79 bits per heavy atom. The van der Waals surface area contributed by atoms with Crippen molar-refractivity contribution in [1.29, 1.82) is 0 Å². The summed E-state index contributed by atoms with van der Waals surface area (Å²) in [5.41, 5.74) is 4.51. The van der Waals surface area contributed by atoms with Gasteiger partial charge in [-0.3, -0.25) is 0 Å². The first-order chi connectivity index (χ1) is 9.31. The number of aromatic nitrogens is 1. The van der Waals surface area contributed by atoms with Crippen LogP contribution in [0.3, 0.4) is 0 Å². The summed E-state index contributed by atoms with van der Waals surface area (Å²) in [7, 11) is 0. The lowest BCUT2D eigenvalue weighted by atomic mass is 9.81. The molecule has 0 saturated heterocycles. The molecule has 100 valence electrons. The Hall–Kier alpha value is -1.28. The molecule has 0 atom stereocenters. The minimum Gasteiger partial charge on any atom is -0.393 e. The van der Waals surface area contributed by atoms with Crippen LogP contribution in [0, 0.1) is 0 Å². The average Bonchev–Trinajstić information content (AvgIpc) is 2.85. The maximum atomic E-state index is 9.66. The number of benzene rings is 1. The molecule has 1 aromatic heterocycles. The molecule has 0 radical (unpaired) electrons. The summed E-state index contributed by atoms with van der Waals surface area (Å²) in [5, 5.41) is 11.1. The summed E-state index contributed by atoms with van der Waals surface area (Å²) in [6.07, 6.45) is 8.91. The highest BCUT2D eigenvalue weighted by Gasteiger charge is 2.22. The second-order valence-electron chi connectivity index (χ2n) is 6.24. The zero-order valence-corrected chi connectivity index (χ0v) is 11.3. The third-order valence-electron chi connectivity index (χ3n) is 4.98. The van der Waals surface area contributed by atoms with Crippen LogP contribution in [0.1, 0.15) is 49.1 Å². The van der Waals surface area contributed by atoms with E-state index in [1.165, 1.54) is 41.4 Å². The van der Waals surface area contributed by atoms with Gasteiger partial charge in [-0.25, -0.2) is 0 Å². The zero-order chi connectivity index (χ0) is 12.8. The highest BCUT2D eigenvalue weighted by molar-refractivity contribution is 5.85. The van der Waals surface area contributed by atoms with Gasteiger partial charge in [0.25, 0.3) is 0 Å². The van der Waals surface area contributed by atoms with Crippen molar-refractivity contribution < 1.29 is 5.11 Å². The average molecular weight is 255 g/mol. The predicted molar refractivity (Wildman–Crippen MR) is 77.5 cm³/mol. The van der Waals surface area contributed by atoms with E-state index in [1.807, 2.05) is 0 Å². The van der Waals surface area contributed by atoms with E-state index >= 15 is 0 Å². The fourth-order valence-corrected chi connectivity index (χ4v) is 3.93. The van der Waals surface area contributed by atoms with Crippen molar-refractivity contribution >= 4 is 10.9 Å². The first-order valence-electron chi connectivity index (χ1n) is 7.61. The molecule has 2 heteroatoms. The third kappa shape index (κ3) is 1.90. The molecular weight excluding hydrogens is 234 g/mol. The molecule has 2 aliphatic rings. The monoisotopic (exact) mass is 255 g/mol. The SMILES string of the molecule is OC1CCC(c2cc3c4c(ccn4CCC3)c2)CC1. The van der Waals surface area contributed by atoms with Gasteiger partial charge in [0.05, 0.1) is 11.6 Å². The molecule has 19 heavy (non-hydrogen) atoms. The van der Waals surface area contributed by atoms with Gasteiger partial charge in [0.1, 0.15) is 0 Å². The van der Waals surface area contributed by atoms with E-state index < -0.39 is 0 Å². The summed E-state index contributed by atoms with van der Waals surface area (Å²) in [5.74, 6) is 0.661. The first kappa shape index (κ1) is 11.5. The fourth-order valence-electron chi connectivity index (χ4n) is 3.93. The van der Waals surface area contributed by atoms with Crippen LogP contribution in [0.25, 0.3) is 10.9 Å². The van der Waals surface area contributed by atoms with Crippen LogP contribution in [0.5, 0.6) is 0 Å². The number of nitrogens with zero attached hydrogens (tertiary/aromatic N) is 1. The van der Waals surface area contributed by atoms with Crippen LogP contribution in [-0.4, -0.2) is 15.8 Å². The highest BCUT2D eigenvalue weighted by atomic mass is 16.3. The maximum absolute atomic E-state index is 9.66. The van der Waals surface area contributed by atoms with Gasteiger partial charge in [-0.2, -0.15) is 0 Å². The Bertz CT molecular complexity index is 605. The van der Waals surface area contributed by atoms with Gasteiger partial charge in [-0.15, -0.1) is 0 Å². The lowest BCUT2D eigenvalue weighted by molar-refractivity contribution is 0.122. The Morgan fingerprint density at radius 2 is 1.95 bits per heavy atom. The van der Waals surface area contributed by atoms with Crippen molar-refractivity contribution in [3.63, 3.8) is 0 Å². The number of aliphatic hydroxyl groups excluding tert-OH is 1. The molecule has 2 aromatic rings. The minimum atomic E-state index is -0.0561. The Morgan fingerprint density at radius 1 is 1.11 bits per heavy atom. The first-order valence-corrected chi connectivity index (χ1v) is 7.61. The van der Waals surface area contributed by atoms with E-state index in [9.17, 15) is 5.11 Å². The van der Waals surface area contributed by atoms with E-state index in [1.54, 1.807) is 0 Å². The van der Waals surface area contributed by atoms with E-state index in [4.69, 9.17) is 0 Å². The third-order valence-corrected chi connectivity index (χ3v) is 4.98. The lowest BCUT2D eigenvalue weighted by Crippen LogP contribution is -2.17. The number of hydrogen-bond acceptors (Lipinski definition) is 1. The zero-order valence-electron chi connectivity index (χ0n) is 11.3. The summed E-state index contributed by atoms with van der Waals surface area (Å²) in [6, 6.07) is 7.11. The number of hydrogen-bond donors (Lipinski definition) is 1. The normalized spacial score (nSPS) is 26.8. The molecule has 0 unspecified atom stereocenters. The van der Waals surface area contributed by atoms with Crippen LogP contribution >= 0.6 is 0 Å². The van der Waals surface area contributed by atoms with Gasteiger partial charge in [-0.05, 0) is 67.7 Å². The predicted octanol–water partition coefficient (Wildman–Crippen LogP) is 3.61. The summed E-state index contributed by atoms with van der Waals surface area (Å²) < 4.78 is 2.41. The quantitative estimate of drug-likeness (QED) is 0.827. The van der Waals surface area contributed by atoms with Gasteiger partial charge in [-0.1, -0.05) is 6.07 Å². The molecule has 4 rings (SSSR count). The molecule has 0 spiro atoms. The summed E-state index contributed by atoms with van der Waals surface area (Å²) in [6.45, 7) is 1.17. The van der Waals surface area contributed by atoms with Gasteiger partial charge in [0, 0.05) is 18.1 Å². The summed E-state index contributed by atoms with van der Waals surface area (Å²) in [4.78, 5) is 0. The van der Waals surface area contributed by atoms with Gasteiger partial charge in [0.15, 0.2) is 0 Å². The van der Waals surface area contributed by atoms with Gasteiger partial charge >= 0.3 is 0 Å². The molecule has 0 amide bonds. The Kier molecular flexibility index (Phi) is 2.66. The molecule has 1 N–H and O–H groups in total. The van der Waals surface area contributed by atoms with Crippen molar-refractivity contribution in [3.05, 3.63) is 35.5 Å². The molecule has 0 bridgehead atoms. The molecular formula is C17H21NO. The van der Waals surface area contributed by atoms with Crippen molar-refractivity contribution in [2.45, 2.75) is 57.1 Å². The van der Waals surface area contributed by atoms with Crippen LogP contribution < -0.4 is 0 Å². The smallest absolute Gasteiger partial charge is 0.0540 e. The Balaban J connectivity index is 1.75. The largest absolute Gasteiger partial charge is 0.393 e. The van der Waals surface area contributed by atoms with Crippen molar-refractivity contribution in [2.24, 2.45) is 0 Å². The molecule has 1 saturated carbocycles. The van der Waals surface area contributed by atoms with E-state index in [0.29, 0.717) is 5.92 Å². The van der Waals surface area contributed by atoms with E-state index in [-0.39, 0.29) is 6.10 Å². The van der Waals surface area contributed by atoms with Crippen LogP contribution in [0.15, 0.2) is 24.4 Å². The number of aliphatic hydroxyl groups is 1. The van der Waals surface area contributed by atoms with Crippen molar-refractivity contribution in [1.82, 2.24) is 4.57 Å². The standard InChI is InChI=1S/C17H21NO/c19-16-5-3-12(4-6-16)15-10-13-2-1-8-18-9-7-14(11-15)17(13)18/h7,9-12,16,19H,1-6,8H2.